The Morgan fingerprint density at radius 1 is 1.22 bits per heavy atom. The fourth-order valence-electron chi connectivity index (χ4n) is 3.36. The number of rotatable bonds is 10. The molecule has 178 valence electrons. The van der Waals surface area contributed by atoms with Gasteiger partial charge in [0, 0.05) is 31.2 Å². The summed E-state index contributed by atoms with van der Waals surface area (Å²) in [7, 11) is 0. The Kier molecular flexibility index (Phi) is 9.46. The molecule has 1 aliphatic heterocycles. The Balaban J connectivity index is 1.67. The molecule has 1 heterocycles. The molecule has 0 radical (unpaired) electrons. The number of ketones is 1. The van der Waals surface area contributed by atoms with Gasteiger partial charge in [-0.3, -0.25) is 9.59 Å². The average Bonchev–Trinajstić information content (AvgIpc) is 3.15. The Morgan fingerprint density at radius 2 is 1.91 bits per heavy atom. The first-order chi connectivity index (χ1) is 15.1. The second-order valence-electron chi connectivity index (χ2n) is 8.96. The zero-order chi connectivity index (χ0) is 23.7. The van der Waals surface area contributed by atoms with E-state index in [2.05, 4.69) is 15.5 Å². The zero-order valence-electron chi connectivity index (χ0n) is 19.3. The van der Waals surface area contributed by atoms with Crippen molar-refractivity contribution < 1.29 is 29.0 Å². The number of carbonyl (C=O) groups is 3. The van der Waals surface area contributed by atoms with Gasteiger partial charge in [0.2, 0.25) is 5.91 Å². The van der Waals surface area contributed by atoms with E-state index in [1.165, 1.54) is 6.92 Å². The molecule has 2 atom stereocenters. The monoisotopic (exact) mass is 449 g/mol. The fraction of sp³-hybridized carbons (Fsp3) is 0.609. The summed E-state index contributed by atoms with van der Waals surface area (Å²) in [4.78, 5) is 37.8. The number of likely N-dealkylation sites (tertiary alicyclic amines) is 1. The number of alkyl carbamates (subject to hydrolysis) is 1. The van der Waals surface area contributed by atoms with Crippen molar-refractivity contribution in [3.05, 3.63) is 29.8 Å². The number of ether oxygens (including phenoxy) is 2. The van der Waals surface area contributed by atoms with E-state index in [1.54, 1.807) is 45.0 Å². The van der Waals surface area contributed by atoms with Crippen molar-refractivity contribution in [1.29, 1.82) is 0 Å². The van der Waals surface area contributed by atoms with Gasteiger partial charge < -0.3 is 30.1 Å². The zero-order valence-corrected chi connectivity index (χ0v) is 19.3. The minimum absolute atomic E-state index is 0.0261. The van der Waals surface area contributed by atoms with Gasteiger partial charge in [-0.15, -0.1) is 0 Å². The van der Waals surface area contributed by atoms with E-state index in [4.69, 9.17) is 9.47 Å². The van der Waals surface area contributed by atoms with Crippen LogP contribution in [-0.2, 0) is 9.53 Å². The highest BCUT2D eigenvalue weighted by molar-refractivity contribution is 5.94. The molecule has 0 aliphatic carbocycles. The largest absolute Gasteiger partial charge is 0.494 e. The Hall–Kier alpha value is -2.65. The van der Waals surface area contributed by atoms with Crippen LogP contribution in [0.3, 0.4) is 0 Å². The minimum atomic E-state index is -1.05. The van der Waals surface area contributed by atoms with Gasteiger partial charge >= 0.3 is 6.09 Å². The third-order valence-corrected chi connectivity index (χ3v) is 4.96. The van der Waals surface area contributed by atoms with Crippen molar-refractivity contribution in [3.8, 4) is 5.75 Å². The van der Waals surface area contributed by atoms with Crippen LogP contribution in [0.25, 0.3) is 0 Å². The summed E-state index contributed by atoms with van der Waals surface area (Å²) in [6, 6.07) is 5.99. The van der Waals surface area contributed by atoms with Gasteiger partial charge in [-0.2, -0.15) is 0 Å². The van der Waals surface area contributed by atoms with Crippen LogP contribution in [0.4, 0.5) is 4.79 Å². The summed E-state index contributed by atoms with van der Waals surface area (Å²) >= 11 is 0. The standard InChI is InChI=1S/C23H35N3O6/c1-16(28)17-6-8-19(9-7-17)31-13-5-11-26-12-10-18(14-26)24-21(29)20(15-27)25-22(30)32-23(2,3)4/h6-9,18,20,27H,5,10-15H2,1-4H3,(H,24,29)(H,25,30)/t18-,20-/m0/s1. The predicted molar refractivity (Wildman–Crippen MR) is 120 cm³/mol. The van der Waals surface area contributed by atoms with Gasteiger partial charge in [0.05, 0.1) is 13.2 Å². The smallest absolute Gasteiger partial charge is 0.408 e. The van der Waals surface area contributed by atoms with Crippen LogP contribution >= 0.6 is 0 Å². The van der Waals surface area contributed by atoms with E-state index in [0.717, 1.165) is 31.7 Å². The molecule has 1 fully saturated rings. The summed E-state index contributed by atoms with van der Waals surface area (Å²) in [5.41, 5.74) is -0.0268. The maximum Gasteiger partial charge on any atom is 0.408 e. The number of Topliss-reactive ketones (excluding diaryl/α,β-unsaturated/α-hetero) is 1. The van der Waals surface area contributed by atoms with Gasteiger partial charge in [0.15, 0.2) is 5.78 Å². The van der Waals surface area contributed by atoms with E-state index >= 15 is 0 Å². The molecule has 9 heteroatoms. The van der Waals surface area contributed by atoms with Gasteiger partial charge in [-0.1, -0.05) is 0 Å². The van der Waals surface area contributed by atoms with Crippen LogP contribution in [0.15, 0.2) is 24.3 Å². The van der Waals surface area contributed by atoms with Crippen molar-refractivity contribution in [1.82, 2.24) is 15.5 Å². The number of aliphatic hydroxyl groups excluding tert-OH is 1. The van der Waals surface area contributed by atoms with E-state index < -0.39 is 30.3 Å². The number of aliphatic hydroxyl groups is 1. The normalized spacial score (nSPS) is 17.5. The van der Waals surface area contributed by atoms with Crippen LogP contribution in [0, 0.1) is 0 Å². The van der Waals surface area contributed by atoms with Gasteiger partial charge in [-0.05, 0) is 64.8 Å². The minimum Gasteiger partial charge on any atom is -0.494 e. The maximum absolute atomic E-state index is 12.4. The average molecular weight is 450 g/mol. The number of nitrogens with one attached hydrogen (secondary N) is 2. The van der Waals surface area contributed by atoms with Crippen molar-refractivity contribution in [2.45, 2.75) is 58.2 Å². The highest BCUT2D eigenvalue weighted by Crippen LogP contribution is 2.14. The van der Waals surface area contributed by atoms with Crippen molar-refractivity contribution in [2.24, 2.45) is 0 Å². The maximum atomic E-state index is 12.4. The molecule has 2 rings (SSSR count). The molecular formula is C23H35N3O6. The molecule has 1 aliphatic rings. The molecule has 3 N–H and O–H groups in total. The lowest BCUT2D eigenvalue weighted by Crippen LogP contribution is -2.52. The summed E-state index contributed by atoms with van der Waals surface area (Å²) in [5.74, 6) is 0.329. The molecule has 1 aromatic rings. The highest BCUT2D eigenvalue weighted by Gasteiger charge is 2.28. The summed E-state index contributed by atoms with van der Waals surface area (Å²) in [5, 5.41) is 14.8. The fourth-order valence-corrected chi connectivity index (χ4v) is 3.36. The number of carbonyl (C=O) groups excluding carboxylic acids is 3. The van der Waals surface area contributed by atoms with E-state index in [9.17, 15) is 19.5 Å². The van der Waals surface area contributed by atoms with E-state index in [0.29, 0.717) is 18.7 Å². The summed E-state index contributed by atoms with van der Waals surface area (Å²) in [6.45, 7) is 9.13. The molecule has 0 bridgehead atoms. The van der Waals surface area contributed by atoms with E-state index in [-0.39, 0.29) is 11.8 Å². The third-order valence-electron chi connectivity index (χ3n) is 4.96. The van der Waals surface area contributed by atoms with Crippen LogP contribution < -0.4 is 15.4 Å². The number of nitrogens with zero attached hydrogens (tertiary/aromatic N) is 1. The van der Waals surface area contributed by atoms with Gasteiger partial charge in [0.25, 0.3) is 0 Å². The molecule has 1 aromatic carbocycles. The number of benzene rings is 1. The lowest BCUT2D eigenvalue weighted by Gasteiger charge is -2.23. The molecule has 0 unspecified atom stereocenters. The third kappa shape index (κ3) is 8.84. The first-order valence-electron chi connectivity index (χ1n) is 10.9. The van der Waals surface area contributed by atoms with Crippen LogP contribution in [0.2, 0.25) is 0 Å². The first-order valence-corrected chi connectivity index (χ1v) is 10.9. The second kappa shape index (κ2) is 11.8. The molecule has 0 saturated carbocycles. The molecule has 9 nitrogen and oxygen atoms in total. The van der Waals surface area contributed by atoms with Gasteiger partial charge in [0.1, 0.15) is 17.4 Å². The quantitative estimate of drug-likeness (QED) is 0.368. The van der Waals surface area contributed by atoms with Crippen molar-refractivity contribution in [2.75, 3.05) is 32.8 Å². The molecule has 0 spiro atoms. The van der Waals surface area contributed by atoms with Crippen LogP contribution in [0.1, 0.15) is 50.9 Å². The summed E-state index contributed by atoms with van der Waals surface area (Å²) < 4.78 is 10.9. The molecule has 32 heavy (non-hydrogen) atoms. The first kappa shape index (κ1) is 25.6. The number of hydrogen-bond donors (Lipinski definition) is 3. The highest BCUT2D eigenvalue weighted by atomic mass is 16.6. The van der Waals surface area contributed by atoms with Crippen LogP contribution in [-0.4, -0.2) is 78.3 Å². The Morgan fingerprint density at radius 3 is 2.50 bits per heavy atom. The number of hydrogen-bond acceptors (Lipinski definition) is 7. The molecule has 0 aromatic heterocycles. The lowest BCUT2D eigenvalue weighted by molar-refractivity contribution is -0.124. The van der Waals surface area contributed by atoms with Gasteiger partial charge in [-0.25, -0.2) is 4.79 Å². The summed E-state index contributed by atoms with van der Waals surface area (Å²) in [6.07, 6.45) is 0.883. The molecular weight excluding hydrogens is 414 g/mol. The SMILES string of the molecule is CC(=O)c1ccc(OCCCN2CC[C@H](NC(=O)[C@H](CO)NC(=O)OC(C)(C)C)C2)cc1. The molecule has 1 saturated heterocycles. The Bertz CT molecular complexity index is 775. The van der Waals surface area contributed by atoms with Crippen molar-refractivity contribution >= 4 is 17.8 Å². The topological polar surface area (TPSA) is 117 Å². The molecule has 2 amide bonds. The van der Waals surface area contributed by atoms with Crippen molar-refractivity contribution in [3.63, 3.8) is 0 Å². The number of amides is 2. The second-order valence-corrected chi connectivity index (χ2v) is 8.96. The predicted octanol–water partition coefficient (Wildman–Crippen LogP) is 1.73. The lowest BCUT2D eigenvalue weighted by atomic mass is 10.1. The Labute approximate surface area is 189 Å². The van der Waals surface area contributed by atoms with Crippen LogP contribution in [0.5, 0.6) is 5.75 Å². The van der Waals surface area contributed by atoms with E-state index in [1.807, 2.05) is 0 Å².